The Kier molecular flexibility index (Phi) is 5.46. The zero-order valence-corrected chi connectivity index (χ0v) is 19.9. The molecule has 37 heavy (non-hydrogen) atoms. The molecule has 0 aliphatic heterocycles. The monoisotopic (exact) mass is 509 g/mol. The molecule has 10 nitrogen and oxygen atoms in total. The molecule has 3 aliphatic carbocycles. The van der Waals surface area contributed by atoms with Crippen LogP contribution in [0.15, 0.2) is 53.1 Å². The molecule has 1 aromatic carbocycles. The van der Waals surface area contributed by atoms with Gasteiger partial charge in [-0.15, -0.1) is 0 Å². The van der Waals surface area contributed by atoms with Gasteiger partial charge >= 0.3 is 0 Å². The summed E-state index contributed by atoms with van der Waals surface area (Å²) < 4.78 is 13.4. The smallest absolute Gasteiger partial charge is 0.255 e. The van der Waals surface area contributed by atoms with Crippen molar-refractivity contribution >= 4 is 17.5 Å². The third-order valence-corrected chi connectivity index (χ3v) is 7.64. The number of halogens is 1. The van der Waals surface area contributed by atoms with Crippen LogP contribution >= 0.6 is 0 Å². The summed E-state index contributed by atoms with van der Waals surface area (Å²) in [4.78, 5) is 44.2. The second-order valence-electron chi connectivity index (χ2n) is 9.82. The van der Waals surface area contributed by atoms with Gasteiger partial charge in [-0.3, -0.25) is 19.3 Å². The number of aliphatic hydroxyl groups excluding tert-OH is 2. The van der Waals surface area contributed by atoms with Gasteiger partial charge in [0.05, 0.1) is 11.6 Å². The largest absolute Gasteiger partial charge is 0.510 e. The molecule has 1 heterocycles. The van der Waals surface area contributed by atoms with E-state index in [9.17, 15) is 39.2 Å². The molecule has 3 aliphatic rings. The van der Waals surface area contributed by atoms with Crippen molar-refractivity contribution in [2.45, 2.75) is 24.5 Å². The van der Waals surface area contributed by atoms with E-state index in [1.54, 1.807) is 20.2 Å². The molecular weight excluding hydrogens is 485 g/mol. The average molecular weight is 509 g/mol. The molecule has 6 N–H and O–H groups in total. The number of allylic oxidation sites excluding steroid dienone is 1. The Hall–Kier alpha value is -4.09. The molecule has 0 unspecified atom stereocenters. The second kappa shape index (κ2) is 8.22. The minimum absolute atomic E-state index is 0.0253. The van der Waals surface area contributed by atoms with Crippen molar-refractivity contribution in [2.75, 3.05) is 14.1 Å². The number of aliphatic hydroxyl groups is 3. The van der Waals surface area contributed by atoms with Gasteiger partial charge in [-0.2, -0.15) is 4.39 Å². The van der Waals surface area contributed by atoms with E-state index < -0.39 is 64.0 Å². The number of ketones is 2. The first kappa shape index (κ1) is 24.6. The van der Waals surface area contributed by atoms with Crippen LogP contribution in [0.25, 0.3) is 11.1 Å². The van der Waals surface area contributed by atoms with Crippen LogP contribution in [0, 0.1) is 17.8 Å². The highest BCUT2D eigenvalue weighted by atomic mass is 19.1. The normalized spacial score (nSPS) is 27.2. The van der Waals surface area contributed by atoms with Gasteiger partial charge in [0.25, 0.3) is 5.91 Å². The summed E-state index contributed by atoms with van der Waals surface area (Å²) in [5, 5.41) is 44.3. The number of pyridine rings is 1. The number of hydrogen-bond donors (Lipinski definition) is 5. The van der Waals surface area contributed by atoms with Crippen LogP contribution in [0.3, 0.4) is 0 Å². The predicted molar refractivity (Wildman–Crippen MR) is 127 cm³/mol. The number of carbonyl (C=O) groups is 3. The molecule has 0 saturated heterocycles. The number of aromatic nitrogens is 1. The highest BCUT2D eigenvalue weighted by Crippen LogP contribution is 2.53. The van der Waals surface area contributed by atoms with Crippen LogP contribution in [0.1, 0.15) is 22.3 Å². The van der Waals surface area contributed by atoms with E-state index in [1.165, 1.54) is 23.2 Å². The van der Waals surface area contributed by atoms with Crippen molar-refractivity contribution in [3.63, 3.8) is 0 Å². The molecule has 11 heteroatoms. The number of primary amides is 1. The van der Waals surface area contributed by atoms with Gasteiger partial charge in [-0.1, -0.05) is 6.07 Å². The lowest BCUT2D eigenvalue weighted by Gasteiger charge is -2.50. The number of hydrogen-bond acceptors (Lipinski definition) is 9. The molecule has 0 radical (unpaired) electrons. The minimum atomic E-state index is -2.70. The lowest BCUT2D eigenvalue weighted by Crippen LogP contribution is -2.63. The van der Waals surface area contributed by atoms with Gasteiger partial charge in [0.15, 0.2) is 11.4 Å². The Balaban J connectivity index is 1.72. The maximum absolute atomic E-state index is 13.7. The molecule has 2 aromatic rings. The number of benzene rings is 1. The number of rotatable bonds is 3. The molecule has 0 saturated carbocycles. The summed E-state index contributed by atoms with van der Waals surface area (Å²) in [6.45, 7) is 0. The molecule has 4 atom stereocenters. The van der Waals surface area contributed by atoms with Crippen LogP contribution in [-0.4, -0.2) is 73.5 Å². The predicted octanol–water partition coefficient (Wildman–Crippen LogP) is 1.32. The summed E-state index contributed by atoms with van der Waals surface area (Å²) in [5.74, 6) is -7.81. The first-order valence-corrected chi connectivity index (χ1v) is 11.5. The first-order chi connectivity index (χ1) is 17.4. The van der Waals surface area contributed by atoms with Gasteiger partial charge in [0, 0.05) is 23.3 Å². The molecule has 5 rings (SSSR count). The van der Waals surface area contributed by atoms with E-state index in [4.69, 9.17) is 5.73 Å². The lowest BCUT2D eigenvalue weighted by atomic mass is 9.58. The maximum atomic E-state index is 13.7. The third kappa shape index (κ3) is 3.31. The second-order valence-corrected chi connectivity index (χ2v) is 9.82. The molecule has 192 valence electrons. The Morgan fingerprint density at radius 3 is 2.46 bits per heavy atom. The van der Waals surface area contributed by atoms with Gasteiger partial charge in [-0.25, -0.2) is 4.98 Å². The maximum Gasteiger partial charge on any atom is 0.255 e. The number of carbonyl (C=O) groups excluding carboxylic acids is 3. The average Bonchev–Trinajstić information content (AvgIpc) is 2.82. The van der Waals surface area contributed by atoms with Crippen LogP contribution in [0.5, 0.6) is 5.75 Å². The highest BCUT2D eigenvalue weighted by molar-refractivity contribution is 6.24. The molecule has 1 amide bonds. The van der Waals surface area contributed by atoms with Gasteiger partial charge in [-0.05, 0) is 62.2 Å². The van der Waals surface area contributed by atoms with Crippen molar-refractivity contribution in [1.29, 1.82) is 0 Å². The van der Waals surface area contributed by atoms with Crippen molar-refractivity contribution in [3.05, 3.63) is 70.2 Å². The SMILES string of the molecule is CN(C)[C@@H]1C(O)=C(C(N)=O)C(=O)[C@@]2(O)C(O)=C3C(=O)c4c(O)ccc(-c5ccc(F)nc5)c4C[C@H]3C[C@@H]12. The van der Waals surface area contributed by atoms with Gasteiger partial charge < -0.3 is 26.2 Å². The van der Waals surface area contributed by atoms with Crippen molar-refractivity contribution < 1.29 is 39.2 Å². The summed E-state index contributed by atoms with van der Waals surface area (Å²) >= 11 is 0. The minimum Gasteiger partial charge on any atom is -0.510 e. The van der Waals surface area contributed by atoms with E-state index in [0.717, 1.165) is 6.07 Å². The fourth-order valence-corrected chi connectivity index (χ4v) is 6.06. The van der Waals surface area contributed by atoms with E-state index in [1.807, 2.05) is 0 Å². The highest BCUT2D eigenvalue weighted by Gasteiger charge is 2.63. The van der Waals surface area contributed by atoms with Crippen molar-refractivity contribution in [3.8, 4) is 16.9 Å². The first-order valence-electron chi connectivity index (χ1n) is 11.5. The Morgan fingerprint density at radius 1 is 1.16 bits per heavy atom. The summed E-state index contributed by atoms with van der Waals surface area (Å²) in [5.41, 5.74) is 2.86. The fourth-order valence-electron chi connectivity index (χ4n) is 6.06. The molecule has 0 fully saturated rings. The van der Waals surface area contributed by atoms with Crippen molar-refractivity contribution in [2.24, 2.45) is 17.6 Å². The number of likely N-dealkylation sites (N-methyl/N-ethyl adjacent to an activating group) is 1. The van der Waals surface area contributed by atoms with Crippen LogP contribution < -0.4 is 5.73 Å². The summed E-state index contributed by atoms with van der Waals surface area (Å²) in [6.07, 6.45) is 1.39. The van der Waals surface area contributed by atoms with E-state index in [2.05, 4.69) is 4.98 Å². The number of fused-ring (bicyclic) bond motifs is 3. The fraction of sp³-hybridized carbons (Fsp3) is 0.308. The van der Waals surface area contributed by atoms with E-state index >= 15 is 0 Å². The number of aromatic hydroxyl groups is 1. The number of phenols is 1. The summed E-state index contributed by atoms with van der Waals surface area (Å²) in [7, 11) is 3.12. The molecule has 0 spiro atoms. The number of nitrogens with zero attached hydrogens (tertiary/aromatic N) is 2. The Labute approximate surface area is 210 Å². The number of Topliss-reactive ketones (excluding diaryl/α,β-unsaturated/α-hetero) is 2. The molecule has 0 bridgehead atoms. The topological polar surface area (TPSA) is 174 Å². The molecular formula is C26H24FN3O7. The summed E-state index contributed by atoms with van der Waals surface area (Å²) in [6, 6.07) is 4.43. The standard InChI is InChI=1S/C26H24FN3O7/c1-30(2)20-14-8-11-7-13-12(10-3-6-16(27)29-9-10)4-5-15(31)18(13)21(32)17(11)23(34)26(14,37)24(35)19(22(20)33)25(28)36/h3-6,9,11,14,20,31,33-34,37H,7-8H2,1-2H3,(H2,28,36)/t11-,14-,20-,26-/m0/s1. The van der Waals surface area contributed by atoms with E-state index in [0.29, 0.717) is 16.7 Å². The van der Waals surface area contributed by atoms with Crippen molar-refractivity contribution in [1.82, 2.24) is 9.88 Å². The van der Waals surface area contributed by atoms with Crippen LogP contribution in [0.2, 0.25) is 0 Å². The Morgan fingerprint density at radius 2 is 1.86 bits per heavy atom. The number of phenolic OH excluding ortho intramolecular Hbond substituents is 1. The van der Waals surface area contributed by atoms with E-state index in [-0.39, 0.29) is 29.7 Å². The lowest BCUT2D eigenvalue weighted by molar-refractivity contribution is -0.148. The van der Waals surface area contributed by atoms with Crippen LogP contribution in [0.4, 0.5) is 4.39 Å². The quantitative estimate of drug-likeness (QED) is 0.302. The Bertz CT molecular complexity index is 1450. The zero-order chi connectivity index (χ0) is 27.0. The zero-order valence-electron chi connectivity index (χ0n) is 19.9. The van der Waals surface area contributed by atoms with Gasteiger partial charge in [0.1, 0.15) is 22.8 Å². The van der Waals surface area contributed by atoms with Crippen LogP contribution in [-0.2, 0) is 16.0 Å². The molecule has 1 aromatic heterocycles. The number of nitrogens with two attached hydrogens (primary N) is 1. The number of amides is 1. The third-order valence-electron chi connectivity index (χ3n) is 7.64. The van der Waals surface area contributed by atoms with Gasteiger partial charge in [0.2, 0.25) is 11.7 Å².